The molecule has 5 heteroatoms. The van der Waals surface area contributed by atoms with E-state index in [2.05, 4.69) is 29.4 Å². The second kappa shape index (κ2) is 4.30. The highest BCUT2D eigenvalue weighted by Gasteiger charge is 2.45. The third kappa shape index (κ3) is 2.06. The average Bonchev–Trinajstić information content (AvgIpc) is 2.37. The quantitative estimate of drug-likeness (QED) is 0.661. The van der Waals surface area contributed by atoms with Crippen LogP contribution in [0.1, 0.15) is 33.1 Å². The van der Waals surface area contributed by atoms with Gasteiger partial charge in [-0.05, 0) is 51.9 Å². The lowest BCUT2D eigenvalue weighted by molar-refractivity contribution is -0.124. The van der Waals surface area contributed by atoms with Crippen LogP contribution in [0.15, 0.2) is 0 Å². The van der Waals surface area contributed by atoms with E-state index in [4.69, 9.17) is 12.2 Å². The van der Waals surface area contributed by atoms with Crippen molar-refractivity contribution in [3.63, 3.8) is 0 Å². The number of carbonyl (C=O) groups excluding carboxylic acids is 1. The molecule has 2 rings (SSSR count). The van der Waals surface area contributed by atoms with Gasteiger partial charge in [0.1, 0.15) is 5.54 Å². The molecule has 0 saturated carbocycles. The van der Waals surface area contributed by atoms with Crippen molar-refractivity contribution in [3.05, 3.63) is 0 Å². The molecule has 4 nitrogen and oxygen atoms in total. The van der Waals surface area contributed by atoms with E-state index in [1.54, 1.807) is 0 Å². The molecule has 0 bridgehead atoms. The summed E-state index contributed by atoms with van der Waals surface area (Å²) in [5.74, 6) is 0.0584. The van der Waals surface area contributed by atoms with Crippen LogP contribution in [-0.2, 0) is 4.79 Å². The summed E-state index contributed by atoms with van der Waals surface area (Å²) >= 11 is 5.02. The topological polar surface area (TPSA) is 44.4 Å². The summed E-state index contributed by atoms with van der Waals surface area (Å²) in [5.41, 5.74) is -0.430. The molecule has 16 heavy (non-hydrogen) atoms. The molecule has 90 valence electrons. The zero-order chi connectivity index (χ0) is 11.8. The molecule has 1 unspecified atom stereocenters. The lowest BCUT2D eigenvalue weighted by Crippen LogP contribution is -2.47. The number of hydrogen-bond acceptors (Lipinski definition) is 3. The smallest absolute Gasteiger partial charge is 0.251 e. The predicted octanol–water partition coefficient (Wildman–Crippen LogP) is 0.624. The van der Waals surface area contributed by atoms with E-state index < -0.39 is 5.54 Å². The number of nitrogens with one attached hydrogen (secondary N) is 2. The lowest BCUT2D eigenvalue weighted by Gasteiger charge is -2.26. The monoisotopic (exact) mass is 241 g/mol. The number of amides is 1. The normalized spacial score (nSPS) is 31.7. The third-order valence-corrected chi connectivity index (χ3v) is 3.82. The van der Waals surface area contributed by atoms with Gasteiger partial charge in [-0.3, -0.25) is 4.79 Å². The van der Waals surface area contributed by atoms with Crippen LogP contribution in [0.5, 0.6) is 0 Å². The second-order valence-electron chi connectivity index (χ2n) is 4.97. The van der Waals surface area contributed by atoms with Gasteiger partial charge in [-0.2, -0.15) is 0 Å². The van der Waals surface area contributed by atoms with E-state index in [1.165, 1.54) is 0 Å². The van der Waals surface area contributed by atoms with E-state index in [0.29, 0.717) is 11.2 Å². The molecular weight excluding hydrogens is 222 g/mol. The Labute approximate surface area is 102 Å². The van der Waals surface area contributed by atoms with Gasteiger partial charge in [0.2, 0.25) is 0 Å². The van der Waals surface area contributed by atoms with E-state index in [0.717, 1.165) is 32.4 Å². The van der Waals surface area contributed by atoms with Gasteiger partial charge in [-0.1, -0.05) is 0 Å². The molecule has 0 radical (unpaired) electrons. The molecule has 0 aromatic carbocycles. The first kappa shape index (κ1) is 11.8. The Morgan fingerprint density at radius 3 is 2.69 bits per heavy atom. The highest BCUT2D eigenvalue weighted by molar-refractivity contribution is 7.80. The Bertz CT molecular complexity index is 318. The summed E-state index contributed by atoms with van der Waals surface area (Å²) in [6, 6.07) is 0.548. The van der Waals surface area contributed by atoms with Gasteiger partial charge in [0.05, 0.1) is 0 Å². The molecular formula is C11H19N3OS. The van der Waals surface area contributed by atoms with Crippen LogP contribution in [0.3, 0.4) is 0 Å². The Balaban J connectivity index is 2.08. The molecule has 0 aliphatic carbocycles. The van der Waals surface area contributed by atoms with Gasteiger partial charge in [-0.15, -0.1) is 0 Å². The van der Waals surface area contributed by atoms with Gasteiger partial charge in [-0.25, -0.2) is 0 Å². The maximum atomic E-state index is 11.9. The minimum atomic E-state index is -0.430. The largest absolute Gasteiger partial charge is 0.348 e. The van der Waals surface area contributed by atoms with Gasteiger partial charge in [0.25, 0.3) is 5.91 Å². The maximum absolute atomic E-state index is 11.9. The van der Waals surface area contributed by atoms with Gasteiger partial charge in [0.15, 0.2) is 5.11 Å². The first-order chi connectivity index (χ1) is 7.53. The molecule has 1 atom stereocenters. The number of thiocarbonyl (C=S) groups is 1. The molecule has 2 heterocycles. The van der Waals surface area contributed by atoms with E-state index in [1.807, 2.05) is 0 Å². The Kier molecular flexibility index (Phi) is 3.17. The van der Waals surface area contributed by atoms with Crippen molar-refractivity contribution in [2.75, 3.05) is 13.1 Å². The Morgan fingerprint density at radius 1 is 1.38 bits per heavy atom. The number of likely N-dealkylation sites (tertiary alicyclic amines) is 1. The molecule has 2 fully saturated rings. The fraction of sp³-hybridized carbons (Fsp3) is 0.818. The summed E-state index contributed by atoms with van der Waals surface area (Å²) in [7, 11) is 0. The number of carbonyl (C=O) groups is 1. The summed E-state index contributed by atoms with van der Waals surface area (Å²) < 4.78 is 0. The third-order valence-electron chi connectivity index (χ3n) is 3.62. The fourth-order valence-electron chi connectivity index (χ4n) is 2.55. The number of rotatable bonds is 1. The van der Waals surface area contributed by atoms with E-state index >= 15 is 0 Å². The van der Waals surface area contributed by atoms with E-state index in [-0.39, 0.29) is 5.91 Å². The minimum absolute atomic E-state index is 0.0584. The van der Waals surface area contributed by atoms with Crippen LogP contribution in [0, 0.1) is 0 Å². The summed E-state index contributed by atoms with van der Waals surface area (Å²) in [5, 5.41) is 6.36. The number of nitrogens with zero attached hydrogens (tertiary/aromatic N) is 1. The molecule has 0 aromatic rings. The van der Waals surface area contributed by atoms with Crippen molar-refractivity contribution >= 4 is 23.2 Å². The summed E-state index contributed by atoms with van der Waals surface area (Å²) in [6.07, 6.45) is 2.76. The van der Waals surface area contributed by atoms with Crippen LogP contribution in [0.4, 0.5) is 0 Å². The highest BCUT2D eigenvalue weighted by Crippen LogP contribution is 2.26. The fourth-order valence-corrected chi connectivity index (χ4v) is 2.84. The summed E-state index contributed by atoms with van der Waals surface area (Å²) in [4.78, 5) is 14.3. The molecule has 2 aliphatic heterocycles. The van der Waals surface area contributed by atoms with Crippen molar-refractivity contribution in [1.82, 2.24) is 15.5 Å². The lowest BCUT2D eigenvalue weighted by atomic mass is 9.91. The summed E-state index contributed by atoms with van der Waals surface area (Å²) in [6.45, 7) is 6.43. The molecule has 2 N–H and O–H groups in total. The Hall–Kier alpha value is -0.680. The molecule has 1 amide bonds. The Morgan fingerprint density at radius 2 is 2.12 bits per heavy atom. The molecule has 2 aliphatic rings. The van der Waals surface area contributed by atoms with Crippen LogP contribution >= 0.6 is 12.2 Å². The van der Waals surface area contributed by atoms with Crippen LogP contribution in [0.2, 0.25) is 0 Å². The minimum Gasteiger partial charge on any atom is -0.348 e. The standard InChI is InChI=1S/C11H19N3OS/c1-8(2)14-6-3-4-11(5-7-14)9(15)12-10(16)13-11/h8H,3-7H2,1-2H3,(H2,12,13,15,16). The maximum Gasteiger partial charge on any atom is 0.251 e. The first-order valence-corrected chi connectivity index (χ1v) is 6.32. The van der Waals surface area contributed by atoms with Gasteiger partial charge in [0, 0.05) is 12.6 Å². The van der Waals surface area contributed by atoms with Crippen LogP contribution in [0.25, 0.3) is 0 Å². The van der Waals surface area contributed by atoms with E-state index in [9.17, 15) is 4.79 Å². The predicted molar refractivity (Wildman–Crippen MR) is 67.2 cm³/mol. The van der Waals surface area contributed by atoms with Crippen molar-refractivity contribution < 1.29 is 4.79 Å². The van der Waals surface area contributed by atoms with Crippen molar-refractivity contribution in [3.8, 4) is 0 Å². The zero-order valence-electron chi connectivity index (χ0n) is 9.88. The van der Waals surface area contributed by atoms with Crippen LogP contribution < -0.4 is 10.6 Å². The second-order valence-corrected chi connectivity index (χ2v) is 5.38. The van der Waals surface area contributed by atoms with Gasteiger partial charge >= 0.3 is 0 Å². The van der Waals surface area contributed by atoms with Crippen LogP contribution in [-0.4, -0.2) is 40.6 Å². The SMILES string of the molecule is CC(C)N1CCCC2(CC1)NC(=S)NC2=O. The molecule has 0 aromatic heterocycles. The van der Waals surface area contributed by atoms with Gasteiger partial charge < -0.3 is 15.5 Å². The average molecular weight is 241 g/mol. The van der Waals surface area contributed by atoms with Crippen molar-refractivity contribution in [2.45, 2.75) is 44.7 Å². The zero-order valence-corrected chi connectivity index (χ0v) is 10.7. The first-order valence-electron chi connectivity index (χ1n) is 5.91. The highest BCUT2D eigenvalue weighted by atomic mass is 32.1. The molecule has 1 spiro atoms. The number of hydrogen-bond donors (Lipinski definition) is 2. The van der Waals surface area contributed by atoms with Crippen molar-refractivity contribution in [2.24, 2.45) is 0 Å². The van der Waals surface area contributed by atoms with Crippen molar-refractivity contribution in [1.29, 1.82) is 0 Å². The molecule has 2 saturated heterocycles.